The number of nitrogens with two attached hydrogens (primary N) is 1. The van der Waals surface area contributed by atoms with Gasteiger partial charge in [0.1, 0.15) is 0 Å². The minimum Gasteiger partial charge on any atom is -0.409 e. The maximum Gasteiger partial charge on any atom is 0.156 e. The summed E-state index contributed by atoms with van der Waals surface area (Å²) in [5, 5.41) is 15.1. The number of benzene rings is 1. The molecule has 0 radical (unpaired) electrons. The van der Waals surface area contributed by atoms with E-state index in [4.69, 9.17) is 10.9 Å². The van der Waals surface area contributed by atoms with Gasteiger partial charge in [0.05, 0.1) is 6.04 Å². The van der Waals surface area contributed by atoms with E-state index in [0.29, 0.717) is 6.04 Å². The normalized spacial score (nSPS) is 19.9. The van der Waals surface area contributed by atoms with Gasteiger partial charge in [0.2, 0.25) is 0 Å². The third-order valence-electron chi connectivity index (χ3n) is 3.88. The predicted molar refractivity (Wildman–Crippen MR) is 80.7 cm³/mol. The van der Waals surface area contributed by atoms with E-state index in [1.807, 2.05) is 13.0 Å². The van der Waals surface area contributed by atoms with Crippen LogP contribution in [0.2, 0.25) is 0 Å². The highest BCUT2D eigenvalue weighted by molar-refractivity contribution is 5.84. The summed E-state index contributed by atoms with van der Waals surface area (Å²) in [5.74, 6) is 0.247. The molecule has 2 rings (SSSR count). The molecule has 0 bridgehead atoms. The molecule has 1 heterocycles. The van der Waals surface area contributed by atoms with Crippen molar-refractivity contribution in [2.24, 2.45) is 10.9 Å². The Hall–Kier alpha value is -1.59. The van der Waals surface area contributed by atoms with E-state index >= 15 is 0 Å². The molecular weight excluding hydrogens is 252 g/mol. The van der Waals surface area contributed by atoms with E-state index in [1.54, 1.807) is 0 Å². The number of nitrogens with one attached hydrogen (secondary N) is 1. The molecule has 0 spiro atoms. The SMILES string of the molecule is CC(NC1CCN(Cc2ccccc2)CC1)C(N)=NO. The highest BCUT2D eigenvalue weighted by Gasteiger charge is 2.21. The number of oxime groups is 1. The Labute approximate surface area is 120 Å². The number of hydrogen-bond acceptors (Lipinski definition) is 4. The Morgan fingerprint density at radius 3 is 2.65 bits per heavy atom. The van der Waals surface area contributed by atoms with Crippen LogP contribution in [0.3, 0.4) is 0 Å². The molecule has 1 saturated heterocycles. The molecule has 0 amide bonds. The van der Waals surface area contributed by atoms with Crippen molar-refractivity contribution in [1.82, 2.24) is 10.2 Å². The average molecular weight is 276 g/mol. The van der Waals surface area contributed by atoms with Crippen LogP contribution < -0.4 is 11.1 Å². The molecule has 4 N–H and O–H groups in total. The van der Waals surface area contributed by atoms with Crippen molar-refractivity contribution < 1.29 is 5.21 Å². The second kappa shape index (κ2) is 7.26. The third kappa shape index (κ3) is 4.21. The maximum absolute atomic E-state index is 8.66. The molecule has 1 unspecified atom stereocenters. The summed E-state index contributed by atoms with van der Waals surface area (Å²) >= 11 is 0. The van der Waals surface area contributed by atoms with Crippen molar-refractivity contribution in [1.29, 1.82) is 0 Å². The largest absolute Gasteiger partial charge is 0.409 e. The van der Waals surface area contributed by atoms with E-state index in [2.05, 4.69) is 39.6 Å². The maximum atomic E-state index is 8.66. The van der Waals surface area contributed by atoms with E-state index in [-0.39, 0.29) is 11.9 Å². The molecule has 0 aliphatic carbocycles. The van der Waals surface area contributed by atoms with Crippen LogP contribution in [0.1, 0.15) is 25.3 Å². The topological polar surface area (TPSA) is 73.9 Å². The van der Waals surface area contributed by atoms with E-state index in [0.717, 1.165) is 32.5 Å². The van der Waals surface area contributed by atoms with E-state index < -0.39 is 0 Å². The number of likely N-dealkylation sites (tertiary alicyclic amines) is 1. The van der Waals surface area contributed by atoms with E-state index in [9.17, 15) is 0 Å². The van der Waals surface area contributed by atoms with Gasteiger partial charge in [0, 0.05) is 12.6 Å². The van der Waals surface area contributed by atoms with Crippen molar-refractivity contribution >= 4 is 5.84 Å². The fraction of sp³-hybridized carbons (Fsp3) is 0.533. The number of rotatable bonds is 5. The van der Waals surface area contributed by atoms with Crippen molar-refractivity contribution in [3.05, 3.63) is 35.9 Å². The van der Waals surface area contributed by atoms with Crippen molar-refractivity contribution in [3.63, 3.8) is 0 Å². The van der Waals surface area contributed by atoms with Crippen LogP contribution in [-0.2, 0) is 6.54 Å². The Morgan fingerprint density at radius 1 is 1.40 bits per heavy atom. The monoisotopic (exact) mass is 276 g/mol. The van der Waals surface area contributed by atoms with Gasteiger partial charge in [-0.05, 0) is 38.4 Å². The fourth-order valence-corrected chi connectivity index (χ4v) is 2.62. The van der Waals surface area contributed by atoms with Gasteiger partial charge in [-0.15, -0.1) is 0 Å². The third-order valence-corrected chi connectivity index (χ3v) is 3.88. The van der Waals surface area contributed by atoms with Gasteiger partial charge in [0.15, 0.2) is 5.84 Å². The van der Waals surface area contributed by atoms with Gasteiger partial charge < -0.3 is 16.3 Å². The number of hydrogen-bond donors (Lipinski definition) is 3. The van der Waals surface area contributed by atoms with Crippen LogP contribution in [0.15, 0.2) is 35.5 Å². The molecule has 1 aliphatic rings. The molecule has 1 fully saturated rings. The molecule has 1 aliphatic heterocycles. The Balaban J connectivity index is 1.75. The van der Waals surface area contributed by atoms with Crippen molar-refractivity contribution in [2.45, 2.75) is 38.4 Å². The first-order valence-electron chi connectivity index (χ1n) is 7.19. The lowest BCUT2D eigenvalue weighted by molar-refractivity contribution is 0.188. The summed E-state index contributed by atoms with van der Waals surface area (Å²) in [6.07, 6.45) is 2.19. The summed E-state index contributed by atoms with van der Waals surface area (Å²) in [7, 11) is 0. The van der Waals surface area contributed by atoms with Crippen molar-refractivity contribution in [2.75, 3.05) is 13.1 Å². The average Bonchev–Trinajstić information content (AvgIpc) is 2.49. The van der Waals surface area contributed by atoms with Crippen LogP contribution in [0, 0.1) is 0 Å². The van der Waals surface area contributed by atoms with Gasteiger partial charge >= 0.3 is 0 Å². The fourth-order valence-electron chi connectivity index (χ4n) is 2.62. The van der Waals surface area contributed by atoms with Gasteiger partial charge in [-0.25, -0.2) is 0 Å². The van der Waals surface area contributed by atoms with Crippen LogP contribution >= 0.6 is 0 Å². The molecule has 0 aromatic heterocycles. The lowest BCUT2D eigenvalue weighted by Gasteiger charge is -2.33. The van der Waals surface area contributed by atoms with Crippen LogP contribution in [-0.4, -0.2) is 41.1 Å². The van der Waals surface area contributed by atoms with E-state index in [1.165, 1.54) is 5.56 Å². The molecule has 1 aromatic carbocycles. The standard InChI is InChI=1S/C15H24N4O/c1-12(15(16)18-20)17-14-7-9-19(10-8-14)11-13-5-3-2-4-6-13/h2-6,12,14,17,20H,7-11H2,1H3,(H2,16,18). The zero-order chi connectivity index (χ0) is 14.4. The number of piperidine rings is 1. The molecule has 1 atom stereocenters. The summed E-state index contributed by atoms with van der Waals surface area (Å²) in [4.78, 5) is 2.47. The zero-order valence-corrected chi connectivity index (χ0v) is 12.0. The number of nitrogens with zero attached hydrogens (tertiary/aromatic N) is 2. The predicted octanol–water partition coefficient (Wildman–Crippen LogP) is 1.38. The minimum absolute atomic E-state index is 0.0781. The highest BCUT2D eigenvalue weighted by Crippen LogP contribution is 2.14. The molecule has 20 heavy (non-hydrogen) atoms. The first kappa shape index (κ1) is 14.8. The second-order valence-corrected chi connectivity index (χ2v) is 5.45. The summed E-state index contributed by atoms with van der Waals surface area (Å²) < 4.78 is 0. The first-order chi connectivity index (χ1) is 9.69. The van der Waals surface area contributed by atoms with Crippen LogP contribution in [0.25, 0.3) is 0 Å². The molecule has 110 valence electrons. The molecule has 5 heteroatoms. The Kier molecular flexibility index (Phi) is 5.38. The molecule has 1 aromatic rings. The summed E-state index contributed by atoms with van der Waals surface area (Å²) in [5.41, 5.74) is 6.95. The van der Waals surface area contributed by atoms with Gasteiger partial charge in [-0.1, -0.05) is 35.5 Å². The summed E-state index contributed by atoms with van der Waals surface area (Å²) in [6.45, 7) is 5.10. The summed E-state index contributed by atoms with van der Waals surface area (Å²) in [6, 6.07) is 10.9. The second-order valence-electron chi connectivity index (χ2n) is 5.45. The first-order valence-corrected chi connectivity index (χ1v) is 7.19. The van der Waals surface area contributed by atoms with Gasteiger partial charge in [-0.3, -0.25) is 4.90 Å². The number of amidine groups is 1. The van der Waals surface area contributed by atoms with Gasteiger partial charge in [-0.2, -0.15) is 0 Å². The molecule has 5 nitrogen and oxygen atoms in total. The Bertz CT molecular complexity index is 427. The lowest BCUT2D eigenvalue weighted by atomic mass is 10.0. The molecular formula is C15H24N4O. The molecule has 0 saturated carbocycles. The highest BCUT2D eigenvalue weighted by atomic mass is 16.4. The quantitative estimate of drug-likeness (QED) is 0.329. The van der Waals surface area contributed by atoms with Crippen molar-refractivity contribution in [3.8, 4) is 0 Å². The van der Waals surface area contributed by atoms with Crippen LogP contribution in [0.4, 0.5) is 0 Å². The van der Waals surface area contributed by atoms with Gasteiger partial charge in [0.25, 0.3) is 0 Å². The Morgan fingerprint density at radius 2 is 2.05 bits per heavy atom. The van der Waals surface area contributed by atoms with Crippen LogP contribution in [0.5, 0.6) is 0 Å². The lowest BCUT2D eigenvalue weighted by Crippen LogP contribution is -2.49. The zero-order valence-electron chi connectivity index (χ0n) is 12.0. The minimum atomic E-state index is -0.0781. The smallest absolute Gasteiger partial charge is 0.156 e.